The molecule has 0 saturated carbocycles. The molecule has 0 unspecified atom stereocenters. The number of ether oxygens (including phenoxy) is 1. The minimum atomic E-state index is -0.318. The first-order valence-corrected chi connectivity index (χ1v) is 7.19. The third kappa shape index (κ3) is 3.90. The topological polar surface area (TPSA) is 41.6 Å². The van der Waals surface area contributed by atoms with E-state index >= 15 is 0 Å². The van der Waals surface area contributed by atoms with Gasteiger partial charge in [0.2, 0.25) is 0 Å². The van der Waals surface area contributed by atoms with E-state index in [1.807, 2.05) is 24.3 Å². The number of carbonyl (C=O) groups excluding carboxylic acids is 1. The molecule has 1 aromatic carbocycles. The van der Waals surface area contributed by atoms with Gasteiger partial charge in [0, 0.05) is 24.7 Å². The van der Waals surface area contributed by atoms with Crippen molar-refractivity contribution in [2.75, 3.05) is 19.7 Å². The van der Waals surface area contributed by atoms with Crippen molar-refractivity contribution in [3.63, 3.8) is 0 Å². The van der Waals surface area contributed by atoms with Gasteiger partial charge in [-0.3, -0.25) is 0 Å². The Morgan fingerprint density at radius 1 is 1.50 bits per heavy atom. The Balaban J connectivity index is 2.11. The molecule has 0 amide bonds. The van der Waals surface area contributed by atoms with Gasteiger partial charge in [-0.2, -0.15) is 0 Å². The van der Waals surface area contributed by atoms with E-state index in [-0.39, 0.29) is 5.97 Å². The van der Waals surface area contributed by atoms with E-state index < -0.39 is 0 Å². The number of hydrogen-bond donors (Lipinski definition) is 1. The van der Waals surface area contributed by atoms with Gasteiger partial charge in [-0.05, 0) is 25.0 Å². The molecule has 0 radical (unpaired) electrons. The highest BCUT2D eigenvalue weighted by molar-refractivity contribution is 6.31. The van der Waals surface area contributed by atoms with E-state index in [2.05, 4.69) is 10.2 Å². The van der Waals surface area contributed by atoms with E-state index in [9.17, 15) is 4.79 Å². The van der Waals surface area contributed by atoms with Crippen molar-refractivity contribution < 1.29 is 9.53 Å². The molecular formula is C15H19ClN2O2. The van der Waals surface area contributed by atoms with Gasteiger partial charge in [-0.15, -0.1) is 0 Å². The van der Waals surface area contributed by atoms with Crippen molar-refractivity contribution >= 4 is 17.6 Å². The minimum absolute atomic E-state index is 0.318. The van der Waals surface area contributed by atoms with Gasteiger partial charge in [0.15, 0.2) is 0 Å². The zero-order chi connectivity index (χ0) is 14.4. The Morgan fingerprint density at radius 2 is 2.30 bits per heavy atom. The first-order valence-electron chi connectivity index (χ1n) is 6.81. The molecule has 108 valence electrons. The molecule has 1 aromatic rings. The first-order chi connectivity index (χ1) is 9.70. The molecule has 1 fully saturated rings. The predicted octanol–water partition coefficient (Wildman–Crippen LogP) is 2.54. The van der Waals surface area contributed by atoms with E-state index in [1.165, 1.54) is 6.08 Å². The molecule has 1 saturated heterocycles. The smallest absolute Gasteiger partial charge is 0.334 e. The fourth-order valence-electron chi connectivity index (χ4n) is 2.15. The molecule has 0 spiro atoms. The van der Waals surface area contributed by atoms with E-state index in [1.54, 1.807) is 6.92 Å². The molecule has 2 rings (SSSR count). The van der Waals surface area contributed by atoms with Crippen LogP contribution in [0.25, 0.3) is 0 Å². The van der Waals surface area contributed by atoms with E-state index in [0.29, 0.717) is 13.2 Å². The second kappa shape index (κ2) is 7.20. The average Bonchev–Trinajstić information content (AvgIpc) is 2.44. The summed E-state index contributed by atoms with van der Waals surface area (Å²) >= 11 is 6.19. The molecule has 5 heteroatoms. The van der Waals surface area contributed by atoms with Crippen LogP contribution < -0.4 is 5.32 Å². The summed E-state index contributed by atoms with van der Waals surface area (Å²) in [6.07, 6.45) is 2.55. The maximum absolute atomic E-state index is 11.6. The number of rotatable bonds is 4. The first kappa shape index (κ1) is 14.7. The lowest BCUT2D eigenvalue weighted by atomic mass is 10.2. The lowest BCUT2D eigenvalue weighted by Crippen LogP contribution is -2.39. The maximum Gasteiger partial charge on any atom is 0.334 e. The number of benzene rings is 1. The summed E-state index contributed by atoms with van der Waals surface area (Å²) in [6, 6.07) is 7.75. The van der Waals surface area contributed by atoms with Gasteiger partial charge in [0.05, 0.1) is 12.7 Å². The van der Waals surface area contributed by atoms with Crippen LogP contribution in [0.4, 0.5) is 0 Å². The van der Waals surface area contributed by atoms with E-state index in [4.69, 9.17) is 16.3 Å². The molecule has 1 aliphatic rings. The van der Waals surface area contributed by atoms with E-state index in [0.717, 1.165) is 35.9 Å². The SMILES string of the molecule is CCOC(=O)C=C1NCCCN1Cc1ccccc1Cl. The number of carbonyl (C=O) groups is 1. The van der Waals surface area contributed by atoms with Crippen LogP contribution in [-0.2, 0) is 16.1 Å². The Labute approximate surface area is 124 Å². The highest BCUT2D eigenvalue weighted by Crippen LogP contribution is 2.20. The molecule has 1 aliphatic heterocycles. The van der Waals surface area contributed by atoms with Crippen LogP contribution in [0.1, 0.15) is 18.9 Å². The number of nitrogens with zero attached hydrogens (tertiary/aromatic N) is 1. The second-order valence-electron chi connectivity index (χ2n) is 4.57. The van der Waals surface area contributed by atoms with Crippen LogP contribution in [0, 0.1) is 0 Å². The predicted molar refractivity (Wildman–Crippen MR) is 79.2 cm³/mol. The molecule has 1 heterocycles. The Kier molecular flexibility index (Phi) is 5.30. The van der Waals surface area contributed by atoms with Crippen LogP contribution >= 0.6 is 11.6 Å². The van der Waals surface area contributed by atoms with Gasteiger partial charge < -0.3 is 15.0 Å². The summed E-state index contributed by atoms with van der Waals surface area (Å²) in [5.41, 5.74) is 1.05. The summed E-state index contributed by atoms with van der Waals surface area (Å²) < 4.78 is 4.96. The Bertz CT molecular complexity index is 502. The third-order valence-corrected chi connectivity index (χ3v) is 3.48. The average molecular weight is 295 g/mol. The van der Waals surface area contributed by atoms with Crippen molar-refractivity contribution in [2.24, 2.45) is 0 Å². The van der Waals surface area contributed by atoms with Gasteiger partial charge in [0.1, 0.15) is 5.82 Å². The van der Waals surface area contributed by atoms with Crippen LogP contribution in [-0.4, -0.2) is 30.6 Å². The number of halogens is 1. The zero-order valence-electron chi connectivity index (χ0n) is 11.6. The van der Waals surface area contributed by atoms with Gasteiger partial charge in [-0.25, -0.2) is 4.79 Å². The van der Waals surface area contributed by atoms with Crippen molar-refractivity contribution in [3.8, 4) is 0 Å². The largest absolute Gasteiger partial charge is 0.463 e. The van der Waals surface area contributed by atoms with Gasteiger partial charge in [-0.1, -0.05) is 29.8 Å². The summed E-state index contributed by atoms with van der Waals surface area (Å²) in [6.45, 7) is 4.62. The normalized spacial score (nSPS) is 16.9. The lowest BCUT2D eigenvalue weighted by molar-refractivity contribution is -0.137. The van der Waals surface area contributed by atoms with Crippen molar-refractivity contribution in [1.29, 1.82) is 0 Å². The highest BCUT2D eigenvalue weighted by Gasteiger charge is 2.17. The van der Waals surface area contributed by atoms with Crippen LogP contribution in [0.5, 0.6) is 0 Å². The number of hydrogen-bond acceptors (Lipinski definition) is 4. The van der Waals surface area contributed by atoms with Crippen molar-refractivity contribution in [1.82, 2.24) is 10.2 Å². The van der Waals surface area contributed by atoms with Gasteiger partial charge >= 0.3 is 5.97 Å². The van der Waals surface area contributed by atoms with Gasteiger partial charge in [0.25, 0.3) is 0 Å². The number of nitrogens with one attached hydrogen (secondary N) is 1. The minimum Gasteiger partial charge on any atom is -0.463 e. The fourth-order valence-corrected chi connectivity index (χ4v) is 2.35. The molecule has 1 N–H and O–H groups in total. The molecule has 0 bridgehead atoms. The Hall–Kier alpha value is -1.68. The molecule has 0 atom stereocenters. The maximum atomic E-state index is 11.6. The second-order valence-corrected chi connectivity index (χ2v) is 4.98. The quantitative estimate of drug-likeness (QED) is 0.684. The molecule has 0 aromatic heterocycles. The molecule has 4 nitrogen and oxygen atoms in total. The number of esters is 1. The summed E-state index contributed by atoms with van der Waals surface area (Å²) in [5.74, 6) is 0.482. The zero-order valence-corrected chi connectivity index (χ0v) is 12.3. The van der Waals surface area contributed by atoms with Crippen LogP contribution in [0.3, 0.4) is 0 Å². The summed E-state index contributed by atoms with van der Waals surface area (Å²) in [4.78, 5) is 13.7. The highest BCUT2D eigenvalue weighted by atomic mass is 35.5. The summed E-state index contributed by atoms with van der Waals surface area (Å²) in [7, 11) is 0. The molecular weight excluding hydrogens is 276 g/mol. The monoisotopic (exact) mass is 294 g/mol. The molecule has 20 heavy (non-hydrogen) atoms. The van der Waals surface area contributed by atoms with Crippen LogP contribution in [0.15, 0.2) is 36.2 Å². The molecule has 0 aliphatic carbocycles. The lowest BCUT2D eigenvalue weighted by Gasteiger charge is -2.32. The van der Waals surface area contributed by atoms with Crippen molar-refractivity contribution in [2.45, 2.75) is 19.9 Å². The third-order valence-electron chi connectivity index (χ3n) is 3.11. The van der Waals surface area contributed by atoms with Crippen molar-refractivity contribution in [3.05, 3.63) is 46.7 Å². The fraction of sp³-hybridized carbons (Fsp3) is 0.400. The standard InChI is InChI=1S/C15H19ClN2O2/c1-2-20-15(19)10-14-17-8-5-9-18(14)11-12-6-3-4-7-13(12)16/h3-4,6-7,10,17H,2,5,8-9,11H2,1H3. The Morgan fingerprint density at radius 3 is 3.05 bits per heavy atom. The van der Waals surface area contributed by atoms with Crippen LogP contribution in [0.2, 0.25) is 5.02 Å². The summed E-state index contributed by atoms with van der Waals surface area (Å²) in [5, 5.41) is 3.99.